The van der Waals surface area contributed by atoms with E-state index in [4.69, 9.17) is 37.9 Å². The molecule has 0 spiro atoms. The number of aliphatic hydroxyl groups is 9. The molecule has 0 aromatic rings. The second-order valence-electron chi connectivity index (χ2n) is 12.2. The van der Waals surface area contributed by atoms with Crippen molar-refractivity contribution in [1.82, 2.24) is 0 Å². The fraction of sp³-hybridized carbons (Fsp3) is 1.00. The predicted molar refractivity (Wildman–Crippen MR) is 143 cm³/mol. The van der Waals surface area contributed by atoms with Crippen molar-refractivity contribution in [2.45, 2.75) is 98.2 Å². The minimum atomic E-state index is -1.87. The lowest BCUT2D eigenvalue weighted by Gasteiger charge is -2.48. The van der Waals surface area contributed by atoms with Crippen molar-refractivity contribution in [1.29, 1.82) is 0 Å². The van der Waals surface area contributed by atoms with Gasteiger partial charge in [0.25, 0.3) is 0 Å². The highest BCUT2D eigenvalue weighted by Crippen LogP contribution is 2.33. The van der Waals surface area contributed by atoms with Gasteiger partial charge in [-0.2, -0.15) is 0 Å². The molecule has 19 heteroatoms. The van der Waals surface area contributed by atoms with E-state index in [1.807, 2.05) is 21.1 Å². The van der Waals surface area contributed by atoms with Crippen LogP contribution in [0.5, 0.6) is 0 Å². The number of aliphatic hydroxyl groups excluding tert-OH is 9. The van der Waals surface area contributed by atoms with Gasteiger partial charge in [0.1, 0.15) is 85.9 Å². The predicted octanol–water partition coefficient (Wildman–Crippen LogP) is -9.17. The number of rotatable bonds is 14. The Morgan fingerprint density at radius 2 is 1.04 bits per heavy atom. The minimum absolute atomic E-state index is 0. The van der Waals surface area contributed by atoms with Crippen LogP contribution in [0.2, 0.25) is 0 Å². The van der Waals surface area contributed by atoms with E-state index >= 15 is 0 Å². The Balaban J connectivity index is 0.00000705. The van der Waals surface area contributed by atoms with Crippen LogP contribution in [0.1, 0.15) is 0 Å². The molecule has 0 bridgehead atoms. The molecule has 0 saturated carbocycles. The van der Waals surface area contributed by atoms with Crippen LogP contribution in [-0.2, 0) is 37.9 Å². The summed E-state index contributed by atoms with van der Waals surface area (Å²) in [5.74, 6) is 0. The average Bonchev–Trinajstić information content (AvgIpc) is 2.96. The topological polar surface area (TPSA) is 256 Å². The Bertz CT molecular complexity index is 855. The monoisotopic (exact) mass is 683 g/mol. The third-order valence-electron chi connectivity index (χ3n) is 7.72. The summed E-state index contributed by atoms with van der Waals surface area (Å²) in [5, 5.41) is 94.3. The number of ether oxygens (including phenoxy) is 8. The number of nitrogens with zero attached hydrogens (tertiary/aromatic N) is 1. The fourth-order valence-corrected chi connectivity index (χ4v) is 5.51. The zero-order chi connectivity index (χ0) is 32.9. The molecule has 3 aliphatic heterocycles. The van der Waals surface area contributed by atoms with Crippen LogP contribution in [0, 0.1) is 0 Å². The summed E-state index contributed by atoms with van der Waals surface area (Å²) in [4.78, 5) is 0. The molecule has 18 nitrogen and oxygen atoms in total. The highest BCUT2D eigenvalue weighted by molar-refractivity contribution is 4.96. The van der Waals surface area contributed by atoms with Crippen molar-refractivity contribution >= 4 is 0 Å². The molecule has 45 heavy (non-hydrogen) atoms. The maximum atomic E-state index is 11.2. The molecule has 3 aliphatic rings. The van der Waals surface area contributed by atoms with Crippen LogP contribution in [0.4, 0.5) is 0 Å². The highest BCUT2D eigenvalue weighted by Gasteiger charge is 2.53. The lowest BCUT2D eigenvalue weighted by Crippen LogP contribution is -3.00. The number of hydrogen-bond acceptors (Lipinski definition) is 17. The smallest absolute Gasteiger partial charge is 0.187 e. The van der Waals surface area contributed by atoms with Crippen LogP contribution in [-0.4, -0.2) is 217 Å². The third-order valence-corrected chi connectivity index (χ3v) is 7.72. The lowest BCUT2D eigenvalue weighted by molar-refractivity contribution is -0.873. The molecule has 0 aliphatic carbocycles. The summed E-state index contributed by atoms with van der Waals surface area (Å²) in [6.45, 7) is -1.43. The second kappa shape index (κ2) is 17.8. The number of quaternary nitrogens is 1. The number of likely N-dealkylation sites (N-methyl/N-ethyl adjacent to an activating group) is 1. The summed E-state index contributed by atoms with van der Waals surface area (Å²) in [6.07, 6.45) is -23.3. The molecule has 0 radical (unpaired) electrons. The Labute approximate surface area is 267 Å². The first kappa shape index (κ1) is 40.7. The number of methoxy groups -OCH3 is 2. The van der Waals surface area contributed by atoms with Crippen molar-refractivity contribution in [2.24, 2.45) is 0 Å². The summed E-state index contributed by atoms with van der Waals surface area (Å²) in [5.41, 5.74) is 0. The van der Waals surface area contributed by atoms with Gasteiger partial charge in [-0.25, -0.2) is 0 Å². The Morgan fingerprint density at radius 3 is 1.51 bits per heavy atom. The van der Waals surface area contributed by atoms with E-state index in [0.717, 1.165) is 0 Å². The van der Waals surface area contributed by atoms with Crippen molar-refractivity contribution < 1.29 is 101 Å². The van der Waals surface area contributed by atoms with E-state index in [-0.39, 0.29) is 25.6 Å². The average molecular weight is 684 g/mol. The Kier molecular flexibility index (Phi) is 16.1. The molecule has 16 atom stereocenters. The van der Waals surface area contributed by atoms with Crippen LogP contribution in [0.3, 0.4) is 0 Å². The fourth-order valence-electron chi connectivity index (χ4n) is 5.51. The van der Waals surface area contributed by atoms with Gasteiger partial charge in [0, 0.05) is 14.2 Å². The summed E-state index contributed by atoms with van der Waals surface area (Å²) >= 11 is 0. The van der Waals surface area contributed by atoms with Crippen LogP contribution >= 0.6 is 0 Å². The Morgan fingerprint density at radius 1 is 0.622 bits per heavy atom. The van der Waals surface area contributed by atoms with Gasteiger partial charge < -0.3 is 101 Å². The van der Waals surface area contributed by atoms with E-state index in [1.54, 1.807) is 0 Å². The third kappa shape index (κ3) is 10.0. The van der Waals surface area contributed by atoms with Gasteiger partial charge in [-0.1, -0.05) is 0 Å². The van der Waals surface area contributed by atoms with Gasteiger partial charge in [-0.05, 0) is 0 Å². The van der Waals surface area contributed by atoms with Gasteiger partial charge in [0.15, 0.2) is 18.9 Å². The van der Waals surface area contributed by atoms with Crippen LogP contribution in [0.15, 0.2) is 0 Å². The van der Waals surface area contributed by atoms with Crippen LogP contribution in [0.25, 0.3) is 0 Å². The minimum Gasteiger partial charge on any atom is -1.00 e. The van der Waals surface area contributed by atoms with Gasteiger partial charge in [-0.15, -0.1) is 0 Å². The van der Waals surface area contributed by atoms with E-state index in [2.05, 4.69) is 0 Å². The molecule has 7 unspecified atom stereocenters. The van der Waals surface area contributed by atoms with E-state index < -0.39 is 111 Å². The Hall–Kier alpha value is -0.430. The summed E-state index contributed by atoms with van der Waals surface area (Å²) < 4.78 is 44.7. The molecule has 3 heterocycles. The second-order valence-corrected chi connectivity index (χ2v) is 12.2. The molecule has 0 amide bonds. The zero-order valence-corrected chi connectivity index (χ0v) is 26.6. The van der Waals surface area contributed by atoms with Gasteiger partial charge in [-0.3, -0.25) is 0 Å². The van der Waals surface area contributed by atoms with Gasteiger partial charge in [0.2, 0.25) is 0 Å². The van der Waals surface area contributed by atoms with E-state index in [0.29, 0.717) is 11.0 Å². The summed E-state index contributed by atoms with van der Waals surface area (Å²) in [7, 11) is 8.12. The van der Waals surface area contributed by atoms with E-state index in [1.165, 1.54) is 14.2 Å². The molecule has 3 saturated heterocycles. The van der Waals surface area contributed by atoms with Crippen molar-refractivity contribution in [2.75, 3.05) is 68.3 Å². The molecule has 3 fully saturated rings. The standard InChI is InChI=1S/C26H50NO17.ClH/c1-27(2,3)6-11(30)9-39-10-14-23(44-25-19(35)15(31)21(37-4)12(7-28)41-25)17(33)20(36)26(42-14)43-22-13(8-29)40-24(38-5)18(34)16(22)32;/h11-26,28-36H,6-10H2,1-5H3;1H/q+1;/p-1/t11?,12?,13?,14?,15-,16-,17-,18?,19?,20?,21-,22-,23-,24+,25+,26-;/m1./s1. The first-order valence-corrected chi connectivity index (χ1v) is 14.4. The maximum Gasteiger partial charge on any atom is 0.187 e. The van der Waals surface area contributed by atoms with Crippen molar-refractivity contribution in [3.63, 3.8) is 0 Å². The van der Waals surface area contributed by atoms with Gasteiger partial charge >= 0.3 is 0 Å². The molecular weight excluding hydrogens is 634 g/mol. The first-order chi connectivity index (χ1) is 20.7. The maximum absolute atomic E-state index is 11.2. The zero-order valence-electron chi connectivity index (χ0n) is 25.9. The molecular formula is C26H50ClNO17. The SMILES string of the molecule is CO[C@H]1OC(CO)[C@@H](O[C@H]2OC(COCC(O)C[N+](C)(C)C)[C@@H](O[C@@H]3OC(CO)[C@@H](OC)[C@H](O)C3O)[C@H](O)C2O)[C@H](O)C1O.[Cl-]. The van der Waals surface area contributed by atoms with Gasteiger partial charge in [0.05, 0.1) is 47.6 Å². The highest BCUT2D eigenvalue weighted by atomic mass is 35.5. The summed E-state index contributed by atoms with van der Waals surface area (Å²) in [6, 6.07) is 0. The quantitative estimate of drug-likeness (QED) is 0.0770. The normalized spacial score (nSPS) is 43.5. The van der Waals surface area contributed by atoms with Crippen LogP contribution < -0.4 is 12.4 Å². The molecule has 9 N–H and O–H groups in total. The molecule has 0 aromatic carbocycles. The molecule has 268 valence electrons. The van der Waals surface area contributed by atoms with Crippen molar-refractivity contribution in [3.05, 3.63) is 0 Å². The largest absolute Gasteiger partial charge is 1.00 e. The molecule has 3 rings (SSSR count). The molecule has 0 aromatic heterocycles. The first-order valence-electron chi connectivity index (χ1n) is 14.4. The number of halogens is 1. The number of hydrogen-bond donors (Lipinski definition) is 9. The van der Waals surface area contributed by atoms with Crippen molar-refractivity contribution in [3.8, 4) is 0 Å². The van der Waals surface area contributed by atoms with E-state index in [9.17, 15) is 46.0 Å². The lowest BCUT2D eigenvalue weighted by atomic mass is 9.96.